The average molecular weight is 245 g/mol. The highest BCUT2D eigenvalue weighted by atomic mass is 16.1. The molecule has 0 amide bonds. The van der Waals surface area contributed by atoms with E-state index in [1.54, 1.807) is 0 Å². The molecule has 4 nitrogen and oxygen atoms in total. The summed E-state index contributed by atoms with van der Waals surface area (Å²) in [5.74, 6) is 0.0551. The lowest BCUT2D eigenvalue weighted by atomic mass is 10.0. The van der Waals surface area contributed by atoms with Crippen molar-refractivity contribution in [3.63, 3.8) is 0 Å². The minimum absolute atomic E-state index is 0.101. The van der Waals surface area contributed by atoms with E-state index in [-0.39, 0.29) is 11.7 Å². The van der Waals surface area contributed by atoms with Gasteiger partial charge in [-0.25, -0.2) is 0 Å². The Bertz CT molecular complexity index is 559. The lowest BCUT2D eigenvalue weighted by Crippen LogP contribution is -2.22. The van der Waals surface area contributed by atoms with Crippen molar-refractivity contribution in [1.29, 1.82) is 0 Å². The summed E-state index contributed by atoms with van der Waals surface area (Å²) in [4.78, 5) is 12.0. The zero-order valence-corrected chi connectivity index (χ0v) is 10.9. The first-order valence-electron chi connectivity index (χ1n) is 6.34. The molecule has 0 saturated heterocycles. The van der Waals surface area contributed by atoms with E-state index in [0.717, 1.165) is 23.1 Å². The number of fused-ring (bicyclic) bond motifs is 1. The Morgan fingerprint density at radius 2 is 2.17 bits per heavy atom. The van der Waals surface area contributed by atoms with Gasteiger partial charge in [0.25, 0.3) is 0 Å². The van der Waals surface area contributed by atoms with Gasteiger partial charge in [0, 0.05) is 24.4 Å². The number of para-hydroxylation sites is 1. The second kappa shape index (κ2) is 5.31. The smallest absolute Gasteiger partial charge is 0.142 e. The zero-order valence-electron chi connectivity index (χ0n) is 10.9. The molecule has 1 heterocycles. The molecular formula is C14H19N3O. The van der Waals surface area contributed by atoms with Crippen LogP contribution in [-0.4, -0.2) is 22.1 Å². The molecule has 0 aliphatic rings. The van der Waals surface area contributed by atoms with Gasteiger partial charge in [0.15, 0.2) is 0 Å². The van der Waals surface area contributed by atoms with E-state index in [9.17, 15) is 4.79 Å². The molecular weight excluding hydrogens is 226 g/mol. The standard InChI is InChI=1S/C14H19N3O/c1-3-17-13-7-5-4-6-11(13)12(16-17)8-14(18)10(2)9-15/h4-7,10H,3,8-9,15H2,1-2H3. The lowest BCUT2D eigenvalue weighted by Gasteiger charge is -2.05. The summed E-state index contributed by atoms with van der Waals surface area (Å²) in [6.07, 6.45) is 0.367. The molecule has 18 heavy (non-hydrogen) atoms. The Hall–Kier alpha value is -1.68. The van der Waals surface area contributed by atoms with Gasteiger partial charge >= 0.3 is 0 Å². The number of nitrogens with zero attached hydrogens (tertiary/aromatic N) is 2. The summed E-state index contributed by atoms with van der Waals surface area (Å²) in [6, 6.07) is 8.02. The first-order valence-corrected chi connectivity index (χ1v) is 6.34. The fourth-order valence-electron chi connectivity index (χ4n) is 2.04. The quantitative estimate of drug-likeness (QED) is 0.873. The third-order valence-electron chi connectivity index (χ3n) is 3.28. The van der Waals surface area contributed by atoms with E-state index in [4.69, 9.17) is 5.73 Å². The van der Waals surface area contributed by atoms with Crippen LogP contribution in [0.1, 0.15) is 19.5 Å². The van der Waals surface area contributed by atoms with Crippen LogP contribution in [0.4, 0.5) is 0 Å². The van der Waals surface area contributed by atoms with Crippen molar-refractivity contribution in [3.05, 3.63) is 30.0 Å². The summed E-state index contributed by atoms with van der Waals surface area (Å²) in [5.41, 5.74) is 7.47. The molecule has 2 N–H and O–H groups in total. The van der Waals surface area contributed by atoms with Gasteiger partial charge in [-0.15, -0.1) is 0 Å². The maximum absolute atomic E-state index is 12.0. The maximum Gasteiger partial charge on any atom is 0.142 e. The summed E-state index contributed by atoms with van der Waals surface area (Å²) < 4.78 is 1.94. The number of nitrogens with two attached hydrogens (primary N) is 1. The first-order chi connectivity index (χ1) is 8.67. The van der Waals surface area contributed by atoms with Crippen molar-refractivity contribution in [1.82, 2.24) is 9.78 Å². The molecule has 0 radical (unpaired) electrons. The van der Waals surface area contributed by atoms with E-state index >= 15 is 0 Å². The number of benzene rings is 1. The Morgan fingerprint density at radius 3 is 2.83 bits per heavy atom. The molecule has 1 aromatic carbocycles. The number of hydrogen-bond acceptors (Lipinski definition) is 3. The Morgan fingerprint density at radius 1 is 1.44 bits per heavy atom. The molecule has 4 heteroatoms. The van der Waals surface area contributed by atoms with Crippen LogP contribution in [-0.2, 0) is 17.8 Å². The van der Waals surface area contributed by atoms with E-state index in [0.29, 0.717) is 13.0 Å². The van der Waals surface area contributed by atoms with Gasteiger partial charge < -0.3 is 5.73 Å². The number of Topliss-reactive ketones (excluding diaryl/α,β-unsaturated/α-hetero) is 1. The Balaban J connectivity index is 2.36. The van der Waals surface area contributed by atoms with Gasteiger partial charge in [0.1, 0.15) is 5.78 Å². The normalized spacial score (nSPS) is 12.8. The molecule has 0 spiro atoms. The molecule has 1 unspecified atom stereocenters. The lowest BCUT2D eigenvalue weighted by molar-refractivity contribution is -0.121. The van der Waals surface area contributed by atoms with Crippen molar-refractivity contribution < 1.29 is 4.79 Å². The summed E-state index contributed by atoms with van der Waals surface area (Å²) >= 11 is 0. The second-order valence-corrected chi connectivity index (χ2v) is 4.56. The third-order valence-corrected chi connectivity index (χ3v) is 3.28. The predicted molar refractivity (Wildman–Crippen MR) is 72.3 cm³/mol. The summed E-state index contributed by atoms with van der Waals surface area (Å²) in [5, 5.41) is 5.59. The summed E-state index contributed by atoms with van der Waals surface area (Å²) in [6.45, 7) is 5.11. The number of aromatic nitrogens is 2. The highest BCUT2D eigenvalue weighted by molar-refractivity contribution is 5.89. The number of hydrogen-bond donors (Lipinski definition) is 1. The van der Waals surface area contributed by atoms with Gasteiger partial charge in [0.05, 0.1) is 17.6 Å². The van der Waals surface area contributed by atoms with Gasteiger partial charge in [0.2, 0.25) is 0 Å². The number of ketones is 1. The molecule has 96 valence electrons. The van der Waals surface area contributed by atoms with Crippen LogP contribution in [0.2, 0.25) is 0 Å². The second-order valence-electron chi connectivity index (χ2n) is 4.56. The molecule has 2 aromatic rings. The number of rotatable bonds is 5. The fraction of sp³-hybridized carbons (Fsp3) is 0.429. The van der Waals surface area contributed by atoms with E-state index in [2.05, 4.69) is 5.10 Å². The number of aryl methyl sites for hydroxylation is 1. The highest BCUT2D eigenvalue weighted by Crippen LogP contribution is 2.19. The Kier molecular flexibility index (Phi) is 3.77. The van der Waals surface area contributed by atoms with Crippen LogP contribution in [0.3, 0.4) is 0 Å². The van der Waals surface area contributed by atoms with Gasteiger partial charge in [-0.05, 0) is 13.0 Å². The van der Waals surface area contributed by atoms with Crippen molar-refractivity contribution in [2.75, 3.05) is 6.54 Å². The van der Waals surface area contributed by atoms with Gasteiger partial charge in [-0.3, -0.25) is 9.48 Å². The molecule has 0 fully saturated rings. The van der Waals surface area contributed by atoms with Crippen LogP contribution in [0.5, 0.6) is 0 Å². The van der Waals surface area contributed by atoms with Crippen molar-refractivity contribution in [2.45, 2.75) is 26.8 Å². The molecule has 0 aliphatic carbocycles. The third kappa shape index (κ3) is 2.29. The minimum atomic E-state index is -0.101. The van der Waals surface area contributed by atoms with Crippen molar-refractivity contribution >= 4 is 16.7 Å². The topological polar surface area (TPSA) is 60.9 Å². The number of carbonyl (C=O) groups is 1. The minimum Gasteiger partial charge on any atom is -0.330 e. The average Bonchev–Trinajstić information content (AvgIpc) is 2.76. The fourth-order valence-corrected chi connectivity index (χ4v) is 2.04. The predicted octanol–water partition coefficient (Wildman–Crippen LogP) is 1.76. The van der Waals surface area contributed by atoms with Crippen LogP contribution in [0.15, 0.2) is 24.3 Å². The van der Waals surface area contributed by atoms with Crippen LogP contribution in [0.25, 0.3) is 10.9 Å². The molecule has 1 atom stereocenters. The molecule has 0 saturated carbocycles. The molecule has 2 rings (SSSR count). The Labute approximate surface area is 107 Å². The van der Waals surface area contributed by atoms with Crippen LogP contribution < -0.4 is 5.73 Å². The monoisotopic (exact) mass is 245 g/mol. The first kappa shape index (κ1) is 12.8. The largest absolute Gasteiger partial charge is 0.330 e. The highest BCUT2D eigenvalue weighted by Gasteiger charge is 2.16. The van der Waals surface area contributed by atoms with Crippen molar-refractivity contribution in [2.24, 2.45) is 11.7 Å². The van der Waals surface area contributed by atoms with Gasteiger partial charge in [-0.2, -0.15) is 5.10 Å². The molecule has 1 aromatic heterocycles. The van der Waals surface area contributed by atoms with Crippen LogP contribution >= 0.6 is 0 Å². The SMILES string of the molecule is CCn1nc(CC(=O)C(C)CN)c2ccccc21. The van der Waals surface area contributed by atoms with E-state index in [1.165, 1.54) is 0 Å². The zero-order chi connectivity index (χ0) is 13.1. The van der Waals surface area contributed by atoms with Crippen LogP contribution in [0, 0.1) is 5.92 Å². The van der Waals surface area contributed by atoms with Gasteiger partial charge in [-0.1, -0.05) is 25.1 Å². The number of carbonyl (C=O) groups excluding carboxylic acids is 1. The van der Waals surface area contributed by atoms with E-state index in [1.807, 2.05) is 42.8 Å². The molecule has 0 bridgehead atoms. The van der Waals surface area contributed by atoms with Crippen molar-refractivity contribution in [3.8, 4) is 0 Å². The summed E-state index contributed by atoms with van der Waals surface area (Å²) in [7, 11) is 0. The van der Waals surface area contributed by atoms with E-state index < -0.39 is 0 Å². The molecule has 0 aliphatic heterocycles. The maximum atomic E-state index is 12.0.